The molecule has 0 saturated heterocycles. The summed E-state index contributed by atoms with van der Waals surface area (Å²) in [7, 11) is 1.82. The minimum absolute atomic E-state index is 0.0208. The number of carbonyl (C=O) groups excluding carboxylic acids is 2. The summed E-state index contributed by atoms with van der Waals surface area (Å²) in [6, 6.07) is 18.7. The maximum atomic E-state index is 13.9. The molecule has 4 rings (SSSR count). The molecule has 38 heavy (non-hydrogen) atoms. The summed E-state index contributed by atoms with van der Waals surface area (Å²) in [4.78, 5) is 38.0. The zero-order valence-electron chi connectivity index (χ0n) is 21.2. The number of nitrogens with one attached hydrogen (secondary N) is 3. The molecule has 3 aromatic rings. The number of anilines is 3. The molecule has 0 fully saturated rings. The van der Waals surface area contributed by atoms with Crippen molar-refractivity contribution < 1.29 is 23.9 Å². The van der Waals surface area contributed by atoms with E-state index in [0.29, 0.717) is 53.3 Å². The number of nitrogens with zero attached hydrogens (tertiary/aromatic N) is 1. The second kappa shape index (κ2) is 11.7. The van der Waals surface area contributed by atoms with Gasteiger partial charge >= 0.3 is 5.97 Å². The number of halogens is 1. The van der Waals surface area contributed by atoms with Crippen molar-refractivity contribution in [3.63, 3.8) is 0 Å². The minimum Gasteiger partial charge on any atom is -0.481 e. The van der Waals surface area contributed by atoms with Gasteiger partial charge in [-0.3, -0.25) is 14.4 Å². The van der Waals surface area contributed by atoms with E-state index < -0.39 is 11.8 Å². The molecule has 0 atom stereocenters. The number of hydrogen-bond donors (Lipinski definition) is 4. The molecule has 1 aliphatic rings. The van der Waals surface area contributed by atoms with Gasteiger partial charge in [-0.2, -0.15) is 0 Å². The Morgan fingerprint density at radius 2 is 1.82 bits per heavy atom. The molecular formula is C29H29FN4O4. The third-order valence-corrected chi connectivity index (χ3v) is 6.23. The van der Waals surface area contributed by atoms with E-state index in [1.165, 1.54) is 19.1 Å². The van der Waals surface area contributed by atoms with Gasteiger partial charge in [-0.1, -0.05) is 18.2 Å². The highest BCUT2D eigenvalue weighted by atomic mass is 19.1. The molecule has 0 aliphatic carbocycles. The Morgan fingerprint density at radius 1 is 1.05 bits per heavy atom. The molecule has 3 aromatic carbocycles. The first kappa shape index (κ1) is 26.6. The maximum absolute atomic E-state index is 13.9. The molecule has 4 N–H and O–H groups in total. The topological polar surface area (TPSA) is 111 Å². The fraction of sp³-hybridized carbons (Fsp3) is 0.207. The highest BCUT2D eigenvalue weighted by Crippen LogP contribution is 2.38. The Morgan fingerprint density at radius 3 is 2.50 bits per heavy atom. The summed E-state index contributed by atoms with van der Waals surface area (Å²) in [5, 5.41) is 18.2. The van der Waals surface area contributed by atoms with Gasteiger partial charge in [0.2, 0.25) is 5.91 Å². The molecule has 0 unspecified atom stereocenters. The van der Waals surface area contributed by atoms with Crippen molar-refractivity contribution in [3.8, 4) is 0 Å². The number of aryl methyl sites for hydroxylation is 1. The third kappa shape index (κ3) is 6.07. The first-order chi connectivity index (χ1) is 18.3. The summed E-state index contributed by atoms with van der Waals surface area (Å²) in [6.07, 6.45) is 0.315. The number of aliphatic carboxylic acids is 1. The van der Waals surface area contributed by atoms with E-state index in [9.17, 15) is 18.8 Å². The van der Waals surface area contributed by atoms with Crippen LogP contribution in [0.3, 0.4) is 0 Å². The lowest BCUT2D eigenvalue weighted by Crippen LogP contribution is -2.34. The Bertz CT molecular complexity index is 1400. The molecule has 0 radical (unpaired) electrons. The zero-order valence-corrected chi connectivity index (χ0v) is 21.2. The monoisotopic (exact) mass is 516 g/mol. The quantitative estimate of drug-likeness (QED) is 0.298. The van der Waals surface area contributed by atoms with Crippen molar-refractivity contribution in [2.24, 2.45) is 0 Å². The number of rotatable bonds is 10. The van der Waals surface area contributed by atoms with E-state index in [1.54, 1.807) is 11.0 Å². The van der Waals surface area contributed by atoms with Crippen LogP contribution in [-0.4, -0.2) is 43.0 Å². The normalized spacial score (nSPS) is 13.5. The van der Waals surface area contributed by atoms with Crippen molar-refractivity contribution in [1.82, 2.24) is 5.32 Å². The molecule has 9 heteroatoms. The molecule has 0 aromatic heterocycles. The van der Waals surface area contributed by atoms with E-state index in [4.69, 9.17) is 5.11 Å². The first-order valence-electron chi connectivity index (χ1n) is 12.2. The SMILES string of the molecule is CNCCN(C(C)=O)c1ccc(NC(=C2C(=O)Nc3cc(F)ccc32)c2cccc(CCC(=O)O)c2)cc1. The van der Waals surface area contributed by atoms with Crippen LogP contribution in [0.1, 0.15) is 30.0 Å². The van der Waals surface area contributed by atoms with Crippen LogP contribution in [0.5, 0.6) is 0 Å². The van der Waals surface area contributed by atoms with Crippen LogP contribution in [0.2, 0.25) is 0 Å². The third-order valence-electron chi connectivity index (χ3n) is 6.23. The average molecular weight is 517 g/mol. The van der Waals surface area contributed by atoms with Gasteiger partial charge in [-0.25, -0.2) is 4.39 Å². The Hall–Kier alpha value is -4.50. The number of hydrogen-bond acceptors (Lipinski definition) is 5. The fourth-order valence-electron chi connectivity index (χ4n) is 4.37. The minimum atomic E-state index is -0.896. The molecule has 0 spiro atoms. The predicted octanol–water partition coefficient (Wildman–Crippen LogP) is 4.35. The number of benzene rings is 3. The van der Waals surface area contributed by atoms with Crippen LogP contribution in [0, 0.1) is 5.82 Å². The van der Waals surface area contributed by atoms with Crippen molar-refractivity contribution in [2.75, 3.05) is 35.7 Å². The molecular weight excluding hydrogens is 487 g/mol. The lowest BCUT2D eigenvalue weighted by atomic mass is 9.97. The predicted molar refractivity (Wildman–Crippen MR) is 146 cm³/mol. The average Bonchev–Trinajstić information content (AvgIpc) is 3.21. The molecule has 1 heterocycles. The Labute approximate surface area is 220 Å². The van der Waals surface area contributed by atoms with Gasteiger partial charge in [0, 0.05) is 43.4 Å². The number of amides is 2. The van der Waals surface area contributed by atoms with Gasteiger partial charge in [0.15, 0.2) is 0 Å². The second-order valence-electron chi connectivity index (χ2n) is 8.93. The van der Waals surface area contributed by atoms with Crippen LogP contribution in [0.15, 0.2) is 66.7 Å². The molecule has 0 bridgehead atoms. The van der Waals surface area contributed by atoms with E-state index in [1.807, 2.05) is 55.6 Å². The van der Waals surface area contributed by atoms with E-state index in [0.717, 1.165) is 11.3 Å². The zero-order chi connectivity index (χ0) is 27.2. The highest BCUT2D eigenvalue weighted by molar-refractivity contribution is 6.37. The van der Waals surface area contributed by atoms with Crippen molar-refractivity contribution in [3.05, 3.63) is 89.2 Å². The standard InChI is InChI=1S/C29H29FN4O4/c1-18(35)34(15-14-31-2)23-10-8-22(9-11-23)32-28(20-5-3-4-19(16-20)6-13-26(36)37)27-24-12-7-21(30)17-25(24)33-29(27)38/h3-5,7-12,16-17,31-32H,6,13-15H2,1-2H3,(H,33,38)(H,36,37). The van der Waals surface area contributed by atoms with Crippen LogP contribution < -0.4 is 20.9 Å². The number of carboxylic acid groups (broad SMARTS) is 1. The van der Waals surface area contributed by atoms with Crippen LogP contribution in [-0.2, 0) is 20.8 Å². The lowest BCUT2D eigenvalue weighted by molar-refractivity contribution is -0.137. The number of carbonyl (C=O) groups is 3. The summed E-state index contributed by atoms with van der Waals surface area (Å²) >= 11 is 0. The fourth-order valence-corrected chi connectivity index (χ4v) is 4.37. The highest BCUT2D eigenvalue weighted by Gasteiger charge is 2.29. The molecule has 2 amide bonds. The van der Waals surface area contributed by atoms with Gasteiger partial charge in [-0.15, -0.1) is 0 Å². The molecule has 0 saturated carbocycles. The van der Waals surface area contributed by atoms with Gasteiger partial charge in [0.25, 0.3) is 5.91 Å². The Kier molecular flexibility index (Phi) is 8.18. The van der Waals surface area contributed by atoms with Gasteiger partial charge < -0.3 is 26.0 Å². The summed E-state index contributed by atoms with van der Waals surface area (Å²) in [5.41, 5.74) is 4.67. The number of likely N-dealkylation sites (N-methyl/N-ethyl adjacent to an activating group) is 1. The largest absolute Gasteiger partial charge is 0.481 e. The summed E-state index contributed by atoms with van der Waals surface area (Å²) in [6.45, 7) is 2.67. The number of carboxylic acids is 1. The molecule has 196 valence electrons. The van der Waals surface area contributed by atoms with Gasteiger partial charge in [0.05, 0.1) is 17.0 Å². The van der Waals surface area contributed by atoms with Crippen molar-refractivity contribution in [1.29, 1.82) is 0 Å². The van der Waals surface area contributed by atoms with E-state index >= 15 is 0 Å². The number of fused-ring (bicyclic) bond motifs is 1. The summed E-state index contributed by atoms with van der Waals surface area (Å²) in [5.74, 6) is -1.81. The molecule has 8 nitrogen and oxygen atoms in total. The van der Waals surface area contributed by atoms with Gasteiger partial charge in [0.1, 0.15) is 5.82 Å². The van der Waals surface area contributed by atoms with Crippen molar-refractivity contribution >= 4 is 46.1 Å². The smallest absolute Gasteiger partial charge is 0.303 e. The van der Waals surface area contributed by atoms with E-state index in [-0.39, 0.29) is 18.2 Å². The Balaban J connectivity index is 1.75. The second-order valence-corrected chi connectivity index (χ2v) is 8.93. The summed E-state index contributed by atoms with van der Waals surface area (Å²) < 4.78 is 13.9. The van der Waals surface area contributed by atoms with Crippen LogP contribution >= 0.6 is 0 Å². The lowest BCUT2D eigenvalue weighted by Gasteiger charge is -2.22. The van der Waals surface area contributed by atoms with Crippen LogP contribution in [0.25, 0.3) is 11.3 Å². The van der Waals surface area contributed by atoms with Gasteiger partial charge in [-0.05, 0) is 73.1 Å². The van der Waals surface area contributed by atoms with Crippen LogP contribution in [0.4, 0.5) is 21.5 Å². The maximum Gasteiger partial charge on any atom is 0.303 e. The first-order valence-corrected chi connectivity index (χ1v) is 12.2. The van der Waals surface area contributed by atoms with E-state index in [2.05, 4.69) is 16.0 Å². The molecule has 1 aliphatic heterocycles. The van der Waals surface area contributed by atoms with Crippen molar-refractivity contribution in [2.45, 2.75) is 19.8 Å².